The van der Waals surface area contributed by atoms with Crippen molar-refractivity contribution in [3.8, 4) is 56.3 Å². The zero-order chi connectivity index (χ0) is 36.3. The summed E-state index contributed by atoms with van der Waals surface area (Å²) in [5.74, 6) is 0.707. The van der Waals surface area contributed by atoms with Gasteiger partial charge in [-0.1, -0.05) is 164 Å². The van der Waals surface area contributed by atoms with Gasteiger partial charge in [0.2, 0.25) is 0 Å². The van der Waals surface area contributed by atoms with Crippen molar-refractivity contribution >= 4 is 64.0 Å². The SMILES string of the molecule is c1ccc(-c2cc(-c3ccc(-c4nc5cccc(-c6cc7ccccc7c7ccccc67)c5c5sc6ccccc6c45)cc3)nc(-c3ccccc3)n2)cc1. The second-order valence-corrected chi connectivity index (χ2v) is 15.0. The smallest absolute Gasteiger partial charge is 0.160 e. The first-order valence-electron chi connectivity index (χ1n) is 18.5. The van der Waals surface area contributed by atoms with Gasteiger partial charge in [0, 0.05) is 47.8 Å². The Hall–Kier alpha value is -7.01. The van der Waals surface area contributed by atoms with E-state index in [1.807, 2.05) is 47.7 Å². The second-order valence-electron chi connectivity index (χ2n) is 13.9. The fraction of sp³-hybridized carbons (Fsp3) is 0. The topological polar surface area (TPSA) is 38.7 Å². The van der Waals surface area contributed by atoms with E-state index in [-0.39, 0.29) is 0 Å². The summed E-state index contributed by atoms with van der Waals surface area (Å²) in [5.41, 5.74) is 10.3. The fourth-order valence-electron chi connectivity index (χ4n) is 8.08. The highest BCUT2D eigenvalue weighted by Gasteiger charge is 2.20. The lowest BCUT2D eigenvalue weighted by atomic mass is 9.90. The Morgan fingerprint density at radius 3 is 1.73 bits per heavy atom. The van der Waals surface area contributed by atoms with E-state index in [0.717, 1.165) is 44.9 Å². The van der Waals surface area contributed by atoms with Crippen molar-refractivity contribution in [2.75, 3.05) is 0 Å². The molecule has 0 atom stereocenters. The maximum absolute atomic E-state index is 5.52. The third-order valence-corrected chi connectivity index (χ3v) is 11.9. The first-order valence-corrected chi connectivity index (χ1v) is 19.3. The lowest BCUT2D eigenvalue weighted by Crippen LogP contribution is -1.96. The van der Waals surface area contributed by atoms with E-state index < -0.39 is 0 Å². The summed E-state index contributed by atoms with van der Waals surface area (Å²) in [4.78, 5) is 15.6. The normalized spacial score (nSPS) is 11.6. The number of benzene rings is 8. The Labute approximate surface area is 321 Å². The van der Waals surface area contributed by atoms with Gasteiger partial charge < -0.3 is 0 Å². The van der Waals surface area contributed by atoms with Gasteiger partial charge in [0.25, 0.3) is 0 Å². The molecule has 55 heavy (non-hydrogen) atoms. The van der Waals surface area contributed by atoms with Crippen LogP contribution in [0.5, 0.6) is 0 Å². The van der Waals surface area contributed by atoms with Crippen LogP contribution in [0, 0.1) is 0 Å². The van der Waals surface area contributed by atoms with Crippen molar-refractivity contribution in [3.05, 3.63) is 188 Å². The monoisotopic (exact) mass is 717 g/mol. The molecule has 3 nitrogen and oxygen atoms in total. The summed E-state index contributed by atoms with van der Waals surface area (Å²) in [5, 5.41) is 8.64. The van der Waals surface area contributed by atoms with E-state index >= 15 is 0 Å². The van der Waals surface area contributed by atoms with Crippen molar-refractivity contribution in [1.29, 1.82) is 0 Å². The van der Waals surface area contributed by atoms with Crippen molar-refractivity contribution in [2.24, 2.45) is 0 Å². The molecule has 0 aliphatic rings. The average molecular weight is 718 g/mol. The molecule has 4 heteroatoms. The number of aromatic nitrogens is 3. The predicted molar refractivity (Wildman–Crippen MR) is 232 cm³/mol. The maximum atomic E-state index is 5.52. The number of hydrogen-bond donors (Lipinski definition) is 0. The minimum absolute atomic E-state index is 0.707. The van der Waals surface area contributed by atoms with Gasteiger partial charge in [0.15, 0.2) is 5.82 Å². The lowest BCUT2D eigenvalue weighted by molar-refractivity contribution is 1.18. The summed E-state index contributed by atoms with van der Waals surface area (Å²) < 4.78 is 2.51. The van der Waals surface area contributed by atoms with Gasteiger partial charge in [0.05, 0.1) is 22.6 Å². The molecule has 3 heterocycles. The first kappa shape index (κ1) is 31.5. The van der Waals surface area contributed by atoms with E-state index in [1.54, 1.807) is 0 Å². The molecule has 0 spiro atoms. The van der Waals surface area contributed by atoms with Crippen LogP contribution in [-0.2, 0) is 0 Å². The molecule has 0 bridgehead atoms. The zero-order valence-electron chi connectivity index (χ0n) is 29.6. The number of fused-ring (bicyclic) bond motifs is 8. The van der Waals surface area contributed by atoms with Gasteiger partial charge in [-0.25, -0.2) is 15.0 Å². The number of thiophene rings is 1. The molecule has 0 radical (unpaired) electrons. The third kappa shape index (κ3) is 5.30. The van der Waals surface area contributed by atoms with Crippen LogP contribution in [0.1, 0.15) is 0 Å². The molecule has 0 saturated heterocycles. The molecule has 0 aliphatic carbocycles. The number of nitrogens with zero attached hydrogens (tertiary/aromatic N) is 3. The largest absolute Gasteiger partial charge is 0.247 e. The Balaban J connectivity index is 1.11. The maximum Gasteiger partial charge on any atom is 0.160 e. The summed E-state index contributed by atoms with van der Waals surface area (Å²) >= 11 is 1.86. The van der Waals surface area contributed by atoms with E-state index in [9.17, 15) is 0 Å². The summed E-state index contributed by atoms with van der Waals surface area (Å²) in [6.45, 7) is 0. The molecule has 0 amide bonds. The molecule has 0 unspecified atom stereocenters. The van der Waals surface area contributed by atoms with Gasteiger partial charge in [0.1, 0.15) is 0 Å². The highest BCUT2D eigenvalue weighted by atomic mass is 32.1. The van der Waals surface area contributed by atoms with Crippen molar-refractivity contribution in [2.45, 2.75) is 0 Å². The standard InChI is InChI=1S/C51H31N3S/c1-3-14-32(15-4-1)44-31-45(54-51(53-44)35-16-5-2-6-17-35)33-26-28-34(29-27-33)49-48-41-22-11-12-25-46(41)55-50(48)47-40(23-13-24-43(47)52-49)42-30-36-18-7-8-19-37(36)38-20-9-10-21-39(38)42/h1-31H. The molecule has 0 fully saturated rings. The van der Waals surface area contributed by atoms with Crippen LogP contribution >= 0.6 is 11.3 Å². The van der Waals surface area contributed by atoms with Crippen LogP contribution < -0.4 is 0 Å². The van der Waals surface area contributed by atoms with E-state index in [2.05, 4.69) is 152 Å². The van der Waals surface area contributed by atoms with Crippen molar-refractivity contribution in [1.82, 2.24) is 15.0 Å². The number of rotatable bonds is 5. The highest BCUT2D eigenvalue weighted by molar-refractivity contribution is 7.26. The predicted octanol–water partition coefficient (Wildman–Crippen LogP) is 14.0. The summed E-state index contributed by atoms with van der Waals surface area (Å²) in [7, 11) is 0. The molecule has 256 valence electrons. The first-order chi connectivity index (χ1) is 27.3. The Kier molecular flexibility index (Phi) is 7.35. The Bertz CT molecular complexity index is 3180. The van der Waals surface area contributed by atoms with Gasteiger partial charge in [-0.15, -0.1) is 11.3 Å². The van der Waals surface area contributed by atoms with Crippen LogP contribution in [0.25, 0.3) is 109 Å². The minimum atomic E-state index is 0.707. The number of pyridine rings is 1. The van der Waals surface area contributed by atoms with Crippen LogP contribution in [0.4, 0.5) is 0 Å². The quantitative estimate of drug-likeness (QED) is 0.166. The zero-order valence-corrected chi connectivity index (χ0v) is 30.5. The van der Waals surface area contributed by atoms with Crippen LogP contribution in [0.2, 0.25) is 0 Å². The fourth-order valence-corrected chi connectivity index (χ4v) is 9.35. The van der Waals surface area contributed by atoms with Gasteiger partial charge in [-0.05, 0) is 56.9 Å². The Morgan fingerprint density at radius 2 is 0.964 bits per heavy atom. The lowest BCUT2D eigenvalue weighted by Gasteiger charge is -2.15. The molecule has 11 rings (SSSR count). The summed E-state index contributed by atoms with van der Waals surface area (Å²) in [6.07, 6.45) is 0. The van der Waals surface area contributed by atoms with Crippen LogP contribution in [-0.4, -0.2) is 15.0 Å². The van der Waals surface area contributed by atoms with Crippen molar-refractivity contribution < 1.29 is 0 Å². The molecule has 0 saturated carbocycles. The molecule has 8 aromatic carbocycles. The molecular weight excluding hydrogens is 687 g/mol. The van der Waals surface area contributed by atoms with Gasteiger partial charge in [-0.2, -0.15) is 0 Å². The highest BCUT2D eigenvalue weighted by Crippen LogP contribution is 2.47. The second kappa shape index (κ2) is 12.8. The van der Waals surface area contributed by atoms with Gasteiger partial charge in [-0.3, -0.25) is 0 Å². The number of hydrogen-bond acceptors (Lipinski definition) is 4. The van der Waals surface area contributed by atoms with Crippen LogP contribution in [0.15, 0.2) is 188 Å². The molecule has 11 aromatic rings. The van der Waals surface area contributed by atoms with E-state index in [1.165, 1.54) is 58.2 Å². The average Bonchev–Trinajstić information content (AvgIpc) is 3.66. The van der Waals surface area contributed by atoms with E-state index in [0.29, 0.717) is 5.82 Å². The molecular formula is C51H31N3S. The minimum Gasteiger partial charge on any atom is -0.247 e. The summed E-state index contributed by atoms with van der Waals surface area (Å²) in [6, 6.07) is 66.5. The van der Waals surface area contributed by atoms with Crippen LogP contribution in [0.3, 0.4) is 0 Å². The van der Waals surface area contributed by atoms with Crippen molar-refractivity contribution in [3.63, 3.8) is 0 Å². The Morgan fingerprint density at radius 1 is 0.364 bits per heavy atom. The molecule has 0 aliphatic heterocycles. The van der Waals surface area contributed by atoms with Gasteiger partial charge >= 0.3 is 0 Å². The van der Waals surface area contributed by atoms with E-state index in [4.69, 9.17) is 15.0 Å². The molecule has 3 aromatic heterocycles. The third-order valence-electron chi connectivity index (χ3n) is 10.7. The molecule has 0 N–H and O–H groups in total.